The Hall–Kier alpha value is -4.88. The summed E-state index contributed by atoms with van der Waals surface area (Å²) in [7, 11) is 0. The number of hydrogen-bond donors (Lipinski definition) is 0. The molecule has 1 heteroatoms. The molecule has 55 heavy (non-hydrogen) atoms. The zero-order valence-electron chi connectivity index (χ0n) is 33.0. The molecule has 6 aliphatic carbocycles. The molecule has 12 rings (SSSR count). The Morgan fingerprint density at radius 2 is 0.891 bits per heavy atom. The van der Waals surface area contributed by atoms with Gasteiger partial charge in [0, 0.05) is 22.5 Å². The van der Waals surface area contributed by atoms with Gasteiger partial charge in [-0.3, -0.25) is 0 Å². The lowest BCUT2D eigenvalue weighted by atomic mass is 9.43. The molecule has 0 atom stereocenters. The number of hydrogen-bond acceptors (Lipinski definition) is 1. The van der Waals surface area contributed by atoms with Gasteiger partial charge in [0.25, 0.3) is 0 Å². The third-order valence-corrected chi connectivity index (χ3v) is 15.3. The molecule has 4 saturated carbocycles. The minimum absolute atomic E-state index is 0.127. The van der Waals surface area contributed by atoms with Crippen molar-refractivity contribution in [3.05, 3.63) is 162 Å². The topological polar surface area (TPSA) is 3.24 Å². The van der Waals surface area contributed by atoms with E-state index in [1.54, 1.807) is 11.1 Å². The first kappa shape index (κ1) is 33.5. The highest BCUT2D eigenvalue weighted by Crippen LogP contribution is 2.69. The number of benzene rings is 6. The van der Waals surface area contributed by atoms with Gasteiger partial charge in [-0.2, -0.15) is 0 Å². The number of anilines is 3. The first-order valence-electron chi connectivity index (χ1n) is 21.2. The number of rotatable bonds is 5. The van der Waals surface area contributed by atoms with E-state index in [-0.39, 0.29) is 16.2 Å². The van der Waals surface area contributed by atoms with Crippen LogP contribution in [0.1, 0.15) is 94.9 Å². The number of fused-ring (bicyclic) bond motifs is 4. The van der Waals surface area contributed by atoms with E-state index in [0.29, 0.717) is 0 Å². The van der Waals surface area contributed by atoms with E-state index in [0.717, 1.165) is 23.7 Å². The molecule has 6 aromatic carbocycles. The van der Waals surface area contributed by atoms with E-state index >= 15 is 0 Å². The van der Waals surface area contributed by atoms with Gasteiger partial charge < -0.3 is 4.90 Å². The van der Waals surface area contributed by atoms with Crippen LogP contribution in [-0.2, 0) is 16.2 Å². The molecule has 0 amide bonds. The molecule has 0 saturated heterocycles. The minimum Gasteiger partial charge on any atom is -0.310 e. The lowest BCUT2D eigenvalue weighted by molar-refractivity contribution is -0.0399. The quantitative estimate of drug-likeness (QED) is 0.172. The van der Waals surface area contributed by atoms with Crippen LogP contribution >= 0.6 is 0 Å². The molecule has 0 aliphatic heterocycles. The molecule has 0 radical (unpaired) electrons. The fourth-order valence-electron chi connectivity index (χ4n) is 12.8. The van der Waals surface area contributed by atoms with E-state index in [1.165, 1.54) is 107 Å². The molecular formula is C54H53N. The van der Waals surface area contributed by atoms with E-state index < -0.39 is 0 Å². The molecule has 274 valence electrons. The monoisotopic (exact) mass is 715 g/mol. The van der Waals surface area contributed by atoms with Crippen molar-refractivity contribution in [2.45, 2.75) is 88.9 Å². The first-order valence-corrected chi connectivity index (χ1v) is 21.2. The van der Waals surface area contributed by atoms with Crippen molar-refractivity contribution in [2.75, 3.05) is 4.90 Å². The molecule has 0 unspecified atom stereocenters. The van der Waals surface area contributed by atoms with Crippen LogP contribution in [0.25, 0.3) is 33.4 Å². The Bertz CT molecular complexity index is 2420. The van der Waals surface area contributed by atoms with Gasteiger partial charge in [0.1, 0.15) is 0 Å². The summed E-state index contributed by atoms with van der Waals surface area (Å²) in [5, 5.41) is 0. The maximum Gasteiger partial charge on any atom is 0.0465 e. The largest absolute Gasteiger partial charge is 0.310 e. The predicted molar refractivity (Wildman–Crippen MR) is 231 cm³/mol. The van der Waals surface area contributed by atoms with Gasteiger partial charge in [0.05, 0.1) is 0 Å². The van der Waals surface area contributed by atoms with E-state index in [4.69, 9.17) is 0 Å². The summed E-state index contributed by atoms with van der Waals surface area (Å²) in [6, 6.07) is 53.6. The maximum absolute atomic E-state index is 2.66. The van der Waals surface area contributed by atoms with Gasteiger partial charge in [0.15, 0.2) is 0 Å². The van der Waals surface area contributed by atoms with Gasteiger partial charge in [-0.15, -0.1) is 0 Å². The highest BCUT2D eigenvalue weighted by atomic mass is 15.1. The molecule has 0 N–H and O–H groups in total. The van der Waals surface area contributed by atoms with Crippen molar-refractivity contribution in [2.24, 2.45) is 23.7 Å². The zero-order chi connectivity index (χ0) is 37.1. The van der Waals surface area contributed by atoms with Crippen molar-refractivity contribution < 1.29 is 0 Å². The van der Waals surface area contributed by atoms with Gasteiger partial charge >= 0.3 is 0 Å². The average molecular weight is 716 g/mol. The predicted octanol–water partition coefficient (Wildman–Crippen LogP) is 14.6. The second-order valence-corrected chi connectivity index (χ2v) is 19.2. The molecule has 6 aromatic rings. The minimum atomic E-state index is 0.127. The number of nitrogens with zero attached hydrogens (tertiary/aromatic N) is 1. The van der Waals surface area contributed by atoms with E-state index in [1.807, 2.05) is 0 Å². The lowest BCUT2D eigenvalue weighted by Gasteiger charge is -2.61. The zero-order valence-corrected chi connectivity index (χ0v) is 33.0. The SMILES string of the molecule is CC1(C)CCC(C)(C)c2cc(N(c3ccc(-c4ccccc4-c4ccccc4)cc3)c3ccc4c(c3)C3(c5ccccc5-4)C4CC5CC(C4)CC3C5)ccc21. The average Bonchev–Trinajstić information content (AvgIpc) is 3.49. The van der Waals surface area contributed by atoms with Gasteiger partial charge in [-0.1, -0.05) is 131 Å². The summed E-state index contributed by atoms with van der Waals surface area (Å²) in [4.78, 5) is 2.58. The highest BCUT2D eigenvalue weighted by molar-refractivity contribution is 5.88. The summed E-state index contributed by atoms with van der Waals surface area (Å²) in [6.45, 7) is 9.79. The molecule has 0 aromatic heterocycles. The molecular weight excluding hydrogens is 663 g/mol. The van der Waals surface area contributed by atoms with Gasteiger partial charge in [-0.05, 0) is 171 Å². The van der Waals surface area contributed by atoms with Crippen molar-refractivity contribution >= 4 is 17.1 Å². The summed E-state index contributed by atoms with van der Waals surface area (Å²) < 4.78 is 0. The Kier molecular flexibility index (Phi) is 7.34. The van der Waals surface area contributed by atoms with Crippen LogP contribution < -0.4 is 4.90 Å². The van der Waals surface area contributed by atoms with Crippen molar-refractivity contribution in [3.8, 4) is 33.4 Å². The second kappa shape index (κ2) is 12.1. The fourth-order valence-corrected chi connectivity index (χ4v) is 12.8. The smallest absolute Gasteiger partial charge is 0.0465 e. The summed E-state index contributed by atoms with van der Waals surface area (Å²) in [6.07, 6.45) is 9.50. The van der Waals surface area contributed by atoms with Crippen LogP contribution in [0, 0.1) is 23.7 Å². The Balaban J connectivity index is 1.09. The molecule has 4 fully saturated rings. The molecule has 0 heterocycles. The highest BCUT2D eigenvalue weighted by Gasteiger charge is 2.61. The van der Waals surface area contributed by atoms with E-state index in [2.05, 4.69) is 172 Å². The first-order chi connectivity index (χ1) is 26.7. The standard InChI is InChI=1S/C54H53N/c1-52(2)26-27-53(3,4)51-34-43(23-25-49(51)52)55(41-20-18-38(19-21-41)45-15-9-8-14-44(45)37-12-6-5-7-13-37)42-22-24-47-46-16-10-11-17-48(46)54(50(47)33-42)39-29-35-28-36(31-39)32-40(54)30-35/h5-25,33-36,39-40H,26-32H2,1-4H3. The van der Waals surface area contributed by atoms with Crippen LogP contribution in [0.3, 0.4) is 0 Å². The maximum atomic E-state index is 2.66. The van der Waals surface area contributed by atoms with Gasteiger partial charge in [-0.25, -0.2) is 0 Å². The Morgan fingerprint density at radius 1 is 0.400 bits per heavy atom. The normalized spacial score (nSPS) is 26.0. The third-order valence-electron chi connectivity index (χ3n) is 15.3. The second-order valence-electron chi connectivity index (χ2n) is 19.2. The van der Waals surface area contributed by atoms with Crippen LogP contribution in [-0.4, -0.2) is 0 Å². The molecule has 1 spiro atoms. The van der Waals surface area contributed by atoms with Gasteiger partial charge in [0.2, 0.25) is 0 Å². The van der Waals surface area contributed by atoms with Crippen molar-refractivity contribution in [1.82, 2.24) is 0 Å². The third kappa shape index (κ3) is 4.97. The molecule has 4 bridgehead atoms. The summed E-state index contributed by atoms with van der Waals surface area (Å²) >= 11 is 0. The Morgan fingerprint density at radius 3 is 1.55 bits per heavy atom. The van der Waals surface area contributed by atoms with Crippen LogP contribution in [0.2, 0.25) is 0 Å². The van der Waals surface area contributed by atoms with Crippen LogP contribution in [0.15, 0.2) is 140 Å². The molecule has 1 nitrogen and oxygen atoms in total. The Labute approximate surface area is 328 Å². The van der Waals surface area contributed by atoms with Crippen LogP contribution in [0.4, 0.5) is 17.1 Å². The summed E-state index contributed by atoms with van der Waals surface area (Å²) in [5.41, 5.74) is 18.4. The van der Waals surface area contributed by atoms with E-state index in [9.17, 15) is 0 Å². The lowest BCUT2D eigenvalue weighted by Crippen LogP contribution is -2.55. The van der Waals surface area contributed by atoms with Crippen molar-refractivity contribution in [1.29, 1.82) is 0 Å². The van der Waals surface area contributed by atoms with Crippen molar-refractivity contribution in [3.63, 3.8) is 0 Å². The molecule has 6 aliphatic rings. The fraction of sp³-hybridized carbons (Fsp3) is 0.333. The summed E-state index contributed by atoms with van der Waals surface area (Å²) in [5.74, 6) is 3.34. The van der Waals surface area contributed by atoms with Crippen LogP contribution in [0.5, 0.6) is 0 Å².